The van der Waals surface area contributed by atoms with Crippen LogP contribution >= 0.6 is 15.9 Å². The average molecular weight is 341 g/mol. The van der Waals surface area contributed by atoms with E-state index in [1.807, 2.05) is 24.3 Å². The van der Waals surface area contributed by atoms with E-state index >= 15 is 0 Å². The molecule has 1 heterocycles. The minimum atomic E-state index is -0.762. The van der Waals surface area contributed by atoms with Crippen LogP contribution in [0.5, 0.6) is 0 Å². The van der Waals surface area contributed by atoms with Crippen LogP contribution in [0.15, 0.2) is 28.7 Å². The van der Waals surface area contributed by atoms with Crippen molar-refractivity contribution in [3.8, 4) is 0 Å². The maximum Gasteiger partial charge on any atom is 0.321 e. The molecule has 0 spiro atoms. The van der Waals surface area contributed by atoms with Crippen molar-refractivity contribution in [2.75, 3.05) is 18.4 Å². The fourth-order valence-electron chi connectivity index (χ4n) is 2.36. The zero-order valence-corrected chi connectivity index (χ0v) is 12.6. The topological polar surface area (TPSA) is 69.6 Å². The lowest BCUT2D eigenvalue weighted by molar-refractivity contribution is -0.138. The summed E-state index contributed by atoms with van der Waals surface area (Å²) in [4.78, 5) is 24.5. The minimum Gasteiger partial charge on any atom is -0.481 e. The van der Waals surface area contributed by atoms with Gasteiger partial charge in [0.2, 0.25) is 0 Å². The van der Waals surface area contributed by atoms with E-state index in [0.717, 1.165) is 23.0 Å². The molecule has 0 radical (unpaired) electrons. The number of piperidine rings is 1. The standard InChI is InChI=1S/C14H17BrN2O3/c15-11-2-1-3-12(9-11)16-14(20)17-6-4-10(5-7-17)8-13(18)19/h1-3,9-10H,4-8H2,(H,16,20)(H,18,19). The van der Waals surface area contributed by atoms with Crippen LogP contribution in [0.4, 0.5) is 10.5 Å². The maximum absolute atomic E-state index is 12.1. The average Bonchev–Trinajstić information content (AvgIpc) is 2.38. The fraction of sp³-hybridized carbons (Fsp3) is 0.429. The van der Waals surface area contributed by atoms with E-state index in [4.69, 9.17) is 5.11 Å². The summed E-state index contributed by atoms with van der Waals surface area (Å²) in [5.74, 6) is -0.579. The SMILES string of the molecule is O=C(O)CC1CCN(C(=O)Nc2cccc(Br)c2)CC1. The van der Waals surface area contributed by atoms with Crippen LogP contribution in [0.2, 0.25) is 0 Å². The van der Waals surface area contributed by atoms with Crippen LogP contribution < -0.4 is 5.32 Å². The summed E-state index contributed by atoms with van der Waals surface area (Å²) in [6.45, 7) is 1.22. The van der Waals surface area contributed by atoms with Crippen molar-refractivity contribution in [1.82, 2.24) is 4.90 Å². The van der Waals surface area contributed by atoms with Crippen LogP contribution in [0, 0.1) is 5.92 Å². The number of rotatable bonds is 3. The number of anilines is 1. The van der Waals surface area contributed by atoms with Crippen LogP contribution in [-0.4, -0.2) is 35.1 Å². The van der Waals surface area contributed by atoms with Gasteiger partial charge >= 0.3 is 12.0 Å². The summed E-state index contributed by atoms with van der Waals surface area (Å²) < 4.78 is 0.912. The number of hydrogen-bond donors (Lipinski definition) is 2. The zero-order chi connectivity index (χ0) is 14.5. The Morgan fingerprint density at radius 2 is 2.05 bits per heavy atom. The Kier molecular flexibility index (Phi) is 5.00. The van der Waals surface area contributed by atoms with Gasteiger partial charge in [0.05, 0.1) is 0 Å². The largest absolute Gasteiger partial charge is 0.481 e. The van der Waals surface area contributed by atoms with E-state index in [1.165, 1.54) is 0 Å². The van der Waals surface area contributed by atoms with Crippen LogP contribution in [0.25, 0.3) is 0 Å². The number of nitrogens with zero attached hydrogens (tertiary/aromatic N) is 1. The molecule has 0 unspecified atom stereocenters. The first-order valence-electron chi connectivity index (χ1n) is 6.58. The number of hydrogen-bond acceptors (Lipinski definition) is 2. The molecule has 1 aliphatic rings. The summed E-state index contributed by atoms with van der Waals surface area (Å²) in [5.41, 5.74) is 0.747. The fourth-order valence-corrected chi connectivity index (χ4v) is 2.76. The van der Waals surface area contributed by atoms with Crippen molar-refractivity contribution in [3.05, 3.63) is 28.7 Å². The van der Waals surface area contributed by atoms with Crippen LogP contribution in [0.3, 0.4) is 0 Å². The van der Waals surface area contributed by atoms with Crippen molar-refractivity contribution < 1.29 is 14.7 Å². The van der Waals surface area contributed by atoms with Gasteiger partial charge < -0.3 is 15.3 Å². The van der Waals surface area contributed by atoms with E-state index in [0.29, 0.717) is 13.1 Å². The number of carbonyl (C=O) groups is 2. The van der Waals surface area contributed by atoms with E-state index in [1.54, 1.807) is 4.90 Å². The van der Waals surface area contributed by atoms with Crippen molar-refractivity contribution in [2.24, 2.45) is 5.92 Å². The third-order valence-corrected chi connectivity index (χ3v) is 3.93. The first kappa shape index (κ1) is 14.8. The Morgan fingerprint density at radius 1 is 1.35 bits per heavy atom. The summed E-state index contributed by atoms with van der Waals surface area (Å²) in [6.07, 6.45) is 1.69. The predicted molar refractivity (Wildman–Crippen MR) is 79.7 cm³/mol. The smallest absolute Gasteiger partial charge is 0.321 e. The highest BCUT2D eigenvalue weighted by molar-refractivity contribution is 9.10. The molecule has 0 atom stereocenters. The number of likely N-dealkylation sites (tertiary alicyclic amines) is 1. The quantitative estimate of drug-likeness (QED) is 0.887. The first-order chi connectivity index (χ1) is 9.54. The highest BCUT2D eigenvalue weighted by Gasteiger charge is 2.24. The monoisotopic (exact) mass is 340 g/mol. The van der Waals surface area contributed by atoms with Gasteiger partial charge in [-0.1, -0.05) is 22.0 Å². The van der Waals surface area contributed by atoms with Gasteiger partial charge in [0.15, 0.2) is 0 Å². The molecule has 0 bridgehead atoms. The second-order valence-corrected chi connectivity index (χ2v) is 5.88. The number of halogens is 1. The summed E-state index contributed by atoms with van der Waals surface area (Å²) in [5, 5.41) is 11.6. The second kappa shape index (κ2) is 6.74. The normalized spacial score (nSPS) is 15.9. The molecule has 1 aromatic carbocycles. The summed E-state index contributed by atoms with van der Waals surface area (Å²) in [6, 6.07) is 7.30. The molecule has 1 fully saturated rings. The molecule has 1 saturated heterocycles. The summed E-state index contributed by atoms with van der Waals surface area (Å²) in [7, 11) is 0. The van der Waals surface area contributed by atoms with Crippen molar-refractivity contribution in [2.45, 2.75) is 19.3 Å². The minimum absolute atomic E-state index is 0.128. The van der Waals surface area contributed by atoms with E-state index < -0.39 is 5.97 Å². The van der Waals surface area contributed by atoms with Gasteiger partial charge in [0.1, 0.15) is 0 Å². The number of nitrogens with one attached hydrogen (secondary N) is 1. The third-order valence-electron chi connectivity index (χ3n) is 3.44. The number of carbonyl (C=O) groups excluding carboxylic acids is 1. The van der Waals surface area contributed by atoms with Gasteiger partial charge in [-0.05, 0) is 37.0 Å². The van der Waals surface area contributed by atoms with Crippen molar-refractivity contribution in [1.29, 1.82) is 0 Å². The zero-order valence-electron chi connectivity index (χ0n) is 11.0. The Hall–Kier alpha value is -1.56. The third kappa shape index (κ3) is 4.23. The molecule has 2 N–H and O–H groups in total. The highest BCUT2D eigenvalue weighted by Crippen LogP contribution is 2.21. The molecule has 2 rings (SSSR count). The predicted octanol–water partition coefficient (Wildman–Crippen LogP) is 3.17. The maximum atomic E-state index is 12.1. The second-order valence-electron chi connectivity index (χ2n) is 4.97. The molecule has 2 amide bonds. The molecule has 0 saturated carbocycles. The van der Waals surface area contributed by atoms with Gasteiger partial charge in [0, 0.05) is 29.7 Å². The molecular formula is C14H17BrN2O3. The summed E-state index contributed by atoms with van der Waals surface area (Å²) >= 11 is 3.36. The number of carboxylic acid groups (broad SMARTS) is 1. The Labute approximate surface area is 126 Å². The van der Waals surface area contributed by atoms with Gasteiger partial charge in [-0.15, -0.1) is 0 Å². The van der Waals surface area contributed by atoms with Gasteiger partial charge in [-0.2, -0.15) is 0 Å². The van der Waals surface area contributed by atoms with Crippen LogP contribution in [-0.2, 0) is 4.79 Å². The Bertz CT molecular complexity index is 499. The van der Waals surface area contributed by atoms with Gasteiger partial charge in [-0.25, -0.2) is 4.79 Å². The number of urea groups is 1. The molecule has 6 heteroatoms. The Balaban J connectivity index is 1.84. The highest BCUT2D eigenvalue weighted by atomic mass is 79.9. The lowest BCUT2D eigenvalue weighted by Gasteiger charge is -2.31. The van der Waals surface area contributed by atoms with Crippen molar-refractivity contribution in [3.63, 3.8) is 0 Å². The van der Waals surface area contributed by atoms with Crippen molar-refractivity contribution >= 4 is 33.6 Å². The molecular weight excluding hydrogens is 324 g/mol. The van der Waals surface area contributed by atoms with Crippen LogP contribution in [0.1, 0.15) is 19.3 Å². The lowest BCUT2D eigenvalue weighted by Crippen LogP contribution is -2.41. The van der Waals surface area contributed by atoms with E-state index in [9.17, 15) is 9.59 Å². The molecule has 20 heavy (non-hydrogen) atoms. The molecule has 0 aliphatic carbocycles. The number of amides is 2. The molecule has 0 aromatic heterocycles. The van der Waals surface area contributed by atoms with Gasteiger partial charge in [0.25, 0.3) is 0 Å². The molecule has 1 aromatic rings. The van der Waals surface area contributed by atoms with E-state index in [-0.39, 0.29) is 18.4 Å². The first-order valence-corrected chi connectivity index (χ1v) is 7.37. The molecule has 5 nitrogen and oxygen atoms in total. The lowest BCUT2D eigenvalue weighted by atomic mass is 9.94. The Morgan fingerprint density at radius 3 is 2.65 bits per heavy atom. The van der Waals surface area contributed by atoms with Gasteiger partial charge in [-0.3, -0.25) is 4.79 Å². The number of carboxylic acids is 1. The number of aliphatic carboxylic acids is 1. The molecule has 108 valence electrons. The molecule has 1 aliphatic heterocycles. The van der Waals surface area contributed by atoms with E-state index in [2.05, 4.69) is 21.2 Å². The number of benzene rings is 1.